The molecule has 1 aromatic heterocycles. The molecule has 0 saturated carbocycles. The highest BCUT2D eigenvalue weighted by Crippen LogP contribution is 2.33. The normalized spacial score (nSPS) is 12.1. The number of methoxy groups -OCH3 is 1. The summed E-state index contributed by atoms with van der Waals surface area (Å²) < 4.78 is 5.48. The summed E-state index contributed by atoms with van der Waals surface area (Å²) in [5.41, 5.74) is 1.53. The summed E-state index contributed by atoms with van der Waals surface area (Å²) in [5, 5.41) is 10.3. The van der Waals surface area contributed by atoms with E-state index < -0.39 is 0 Å². The first kappa shape index (κ1) is 16.3. The zero-order valence-corrected chi connectivity index (χ0v) is 13.8. The average Bonchev–Trinajstić information content (AvgIpc) is 3.02. The van der Waals surface area contributed by atoms with E-state index in [2.05, 4.69) is 20.5 Å². The van der Waals surface area contributed by atoms with Crippen LogP contribution in [0.4, 0.5) is 0 Å². The molecule has 0 aliphatic rings. The number of hydrogen-bond acceptors (Lipinski definition) is 4. The zero-order chi connectivity index (χ0) is 16.9. The molecule has 6 nitrogen and oxygen atoms in total. The Morgan fingerprint density at radius 3 is 2.54 bits per heavy atom. The molecule has 0 fully saturated rings. The van der Waals surface area contributed by atoms with Gasteiger partial charge in [0.15, 0.2) is 0 Å². The Balaban J connectivity index is 1.97. The first-order valence-corrected chi connectivity index (χ1v) is 7.81. The Bertz CT molecular complexity index is 875. The molecule has 2 aromatic carbocycles. The maximum atomic E-state index is 11.2. The Hall–Kier alpha value is -2.57. The highest BCUT2D eigenvalue weighted by atomic mass is 35.5. The van der Waals surface area contributed by atoms with Crippen molar-refractivity contribution >= 4 is 11.6 Å². The van der Waals surface area contributed by atoms with Crippen LogP contribution < -0.4 is 15.7 Å². The summed E-state index contributed by atoms with van der Waals surface area (Å²) in [7, 11) is 1.63. The first-order valence-electron chi connectivity index (χ1n) is 7.43. The largest absolute Gasteiger partial charge is 0.496 e. The molecule has 3 N–H and O–H groups in total. The lowest BCUT2D eigenvalue weighted by molar-refractivity contribution is 0.403. The molecule has 0 amide bonds. The maximum absolute atomic E-state index is 11.2. The van der Waals surface area contributed by atoms with Gasteiger partial charge in [0.25, 0.3) is 0 Å². The van der Waals surface area contributed by atoms with Gasteiger partial charge in [0.2, 0.25) is 0 Å². The Morgan fingerprint density at radius 2 is 1.88 bits per heavy atom. The predicted molar refractivity (Wildman–Crippen MR) is 92.3 cm³/mol. The molecule has 0 aliphatic carbocycles. The van der Waals surface area contributed by atoms with Crippen LogP contribution in [0.5, 0.6) is 5.75 Å². The quantitative estimate of drug-likeness (QED) is 0.642. The van der Waals surface area contributed by atoms with Crippen LogP contribution in [-0.2, 0) is 6.54 Å². The lowest BCUT2D eigenvalue weighted by atomic mass is 9.97. The molecule has 0 radical (unpaired) electrons. The minimum Gasteiger partial charge on any atom is -0.496 e. The molecule has 1 atom stereocenters. The highest BCUT2D eigenvalue weighted by molar-refractivity contribution is 6.31. The van der Waals surface area contributed by atoms with Crippen molar-refractivity contribution in [2.24, 2.45) is 0 Å². The Kier molecular flexibility index (Phi) is 4.98. The number of H-pyrrole nitrogens is 2. The van der Waals surface area contributed by atoms with Crippen molar-refractivity contribution in [3.05, 3.63) is 81.0 Å². The number of rotatable bonds is 6. The summed E-state index contributed by atoms with van der Waals surface area (Å²) in [6, 6.07) is 15.1. The fraction of sp³-hybridized carbons (Fsp3) is 0.176. The van der Waals surface area contributed by atoms with Gasteiger partial charge in [0.1, 0.15) is 11.6 Å². The molecule has 7 heteroatoms. The number of ether oxygens (including phenoxy) is 1. The van der Waals surface area contributed by atoms with Crippen LogP contribution in [0.3, 0.4) is 0 Å². The smallest absolute Gasteiger partial charge is 0.340 e. The molecule has 1 unspecified atom stereocenters. The summed E-state index contributed by atoms with van der Waals surface area (Å²) in [4.78, 5) is 13.8. The van der Waals surface area contributed by atoms with Crippen LogP contribution >= 0.6 is 11.6 Å². The monoisotopic (exact) mass is 344 g/mol. The molecule has 0 saturated heterocycles. The molecule has 124 valence electrons. The zero-order valence-electron chi connectivity index (χ0n) is 13.0. The van der Waals surface area contributed by atoms with E-state index in [0.29, 0.717) is 17.4 Å². The van der Waals surface area contributed by atoms with E-state index in [0.717, 1.165) is 16.9 Å². The van der Waals surface area contributed by atoms with Gasteiger partial charge in [-0.2, -0.15) is 5.10 Å². The van der Waals surface area contributed by atoms with Crippen molar-refractivity contribution in [2.45, 2.75) is 12.6 Å². The molecular weight excluding hydrogens is 328 g/mol. The number of nitrogens with zero attached hydrogens (tertiary/aromatic N) is 1. The molecule has 0 bridgehead atoms. The lowest BCUT2D eigenvalue weighted by Crippen LogP contribution is -2.23. The molecular formula is C17H17ClN4O2. The third-order valence-electron chi connectivity index (χ3n) is 3.69. The second-order valence-corrected chi connectivity index (χ2v) is 5.61. The number of nitrogens with one attached hydrogen (secondary N) is 3. The first-order chi connectivity index (χ1) is 11.7. The minimum atomic E-state index is -0.335. The molecule has 0 spiro atoms. The van der Waals surface area contributed by atoms with E-state index in [-0.39, 0.29) is 11.7 Å². The Morgan fingerprint density at radius 1 is 1.17 bits per heavy atom. The van der Waals surface area contributed by atoms with Crippen LogP contribution in [0.1, 0.15) is 23.0 Å². The number of aromatic nitrogens is 3. The van der Waals surface area contributed by atoms with Crippen LogP contribution in [0.25, 0.3) is 0 Å². The molecule has 1 heterocycles. The van der Waals surface area contributed by atoms with Crippen molar-refractivity contribution in [1.82, 2.24) is 20.5 Å². The van der Waals surface area contributed by atoms with Gasteiger partial charge in [-0.1, -0.05) is 48.0 Å². The van der Waals surface area contributed by atoms with Gasteiger partial charge in [0, 0.05) is 10.6 Å². The number of halogens is 1. The van der Waals surface area contributed by atoms with E-state index in [1.807, 2.05) is 48.5 Å². The molecule has 3 rings (SSSR count). The van der Waals surface area contributed by atoms with Gasteiger partial charge in [-0.05, 0) is 17.7 Å². The van der Waals surface area contributed by atoms with Crippen LogP contribution in [0.2, 0.25) is 5.02 Å². The third kappa shape index (κ3) is 3.50. The van der Waals surface area contributed by atoms with Crippen LogP contribution in [0, 0.1) is 0 Å². The average molecular weight is 345 g/mol. The van der Waals surface area contributed by atoms with Crippen molar-refractivity contribution in [2.75, 3.05) is 7.11 Å². The van der Waals surface area contributed by atoms with Gasteiger partial charge < -0.3 is 4.74 Å². The third-order valence-corrected chi connectivity index (χ3v) is 4.03. The number of para-hydroxylation sites is 1. The van der Waals surface area contributed by atoms with E-state index >= 15 is 0 Å². The van der Waals surface area contributed by atoms with Gasteiger partial charge in [-0.25, -0.2) is 9.89 Å². The van der Waals surface area contributed by atoms with Crippen molar-refractivity contribution in [1.29, 1.82) is 0 Å². The van der Waals surface area contributed by atoms with E-state index in [4.69, 9.17) is 16.3 Å². The van der Waals surface area contributed by atoms with E-state index in [1.165, 1.54) is 0 Å². The van der Waals surface area contributed by atoms with E-state index in [1.54, 1.807) is 7.11 Å². The fourth-order valence-corrected chi connectivity index (χ4v) is 2.83. The van der Waals surface area contributed by atoms with Gasteiger partial charge in [0.05, 0.1) is 19.7 Å². The molecule has 3 aromatic rings. The fourth-order valence-electron chi connectivity index (χ4n) is 2.59. The van der Waals surface area contributed by atoms with E-state index in [9.17, 15) is 4.79 Å². The van der Waals surface area contributed by atoms with Crippen molar-refractivity contribution in [3.63, 3.8) is 0 Å². The topological polar surface area (TPSA) is 82.8 Å². The predicted octanol–water partition coefficient (Wildman–Crippen LogP) is 2.64. The molecule has 0 aliphatic heterocycles. The summed E-state index contributed by atoms with van der Waals surface area (Å²) >= 11 is 6.39. The number of hydrogen-bond donors (Lipinski definition) is 3. The SMILES string of the molecule is COc1ccccc1C(NCc1n[nH]c(=O)[nH]1)c1ccccc1Cl. The van der Waals surface area contributed by atoms with Crippen LogP contribution in [0.15, 0.2) is 53.3 Å². The maximum Gasteiger partial charge on any atom is 0.340 e. The van der Waals surface area contributed by atoms with Gasteiger partial charge >= 0.3 is 5.69 Å². The summed E-state index contributed by atoms with van der Waals surface area (Å²) in [6.07, 6.45) is 0. The van der Waals surface area contributed by atoms with Crippen LogP contribution in [-0.4, -0.2) is 22.3 Å². The lowest BCUT2D eigenvalue weighted by Gasteiger charge is -2.22. The second kappa shape index (κ2) is 7.33. The summed E-state index contributed by atoms with van der Waals surface area (Å²) in [6.45, 7) is 0.368. The molecule has 24 heavy (non-hydrogen) atoms. The number of aromatic amines is 2. The highest BCUT2D eigenvalue weighted by Gasteiger charge is 2.20. The van der Waals surface area contributed by atoms with Gasteiger partial charge in [-0.15, -0.1) is 0 Å². The van der Waals surface area contributed by atoms with Gasteiger partial charge in [-0.3, -0.25) is 10.3 Å². The second-order valence-electron chi connectivity index (χ2n) is 5.20. The Labute approximate surface area is 143 Å². The standard InChI is InChI=1S/C17H17ClN4O2/c1-24-14-9-5-3-7-12(14)16(11-6-2-4-8-13(11)18)19-10-15-20-17(23)22-21-15/h2-9,16,19H,10H2,1H3,(H2,20,21,22,23). The summed E-state index contributed by atoms with van der Waals surface area (Å²) in [5.74, 6) is 1.28. The minimum absolute atomic E-state index is 0.213. The van der Waals surface area contributed by atoms with Crippen molar-refractivity contribution < 1.29 is 4.74 Å². The van der Waals surface area contributed by atoms with Crippen molar-refractivity contribution in [3.8, 4) is 5.75 Å². The number of benzene rings is 2.